The summed E-state index contributed by atoms with van der Waals surface area (Å²) < 4.78 is 0. The van der Waals surface area contributed by atoms with E-state index in [-0.39, 0.29) is 11.3 Å². The molecule has 2 N–H and O–H groups in total. The highest BCUT2D eigenvalue weighted by molar-refractivity contribution is 5.70. The molecule has 0 bridgehead atoms. The molecule has 0 amide bonds. The van der Waals surface area contributed by atoms with E-state index in [9.17, 15) is 15.0 Å². The molecule has 196 valence electrons. The molecule has 0 saturated carbocycles. The number of unbranched alkanes of at least 4 members (excludes halogenated alkanes) is 15. The minimum Gasteiger partial charge on any atom is -0.508 e. The lowest BCUT2D eigenvalue weighted by Gasteiger charge is -2.22. The third-order valence-corrected chi connectivity index (χ3v) is 7.11. The van der Waals surface area contributed by atoms with E-state index >= 15 is 0 Å². The minimum absolute atomic E-state index is 0.160. The van der Waals surface area contributed by atoms with Gasteiger partial charge in [-0.2, -0.15) is 0 Å². The molecule has 0 aliphatic carbocycles. The van der Waals surface area contributed by atoms with Crippen LogP contribution in [-0.2, 0) is 16.6 Å². The van der Waals surface area contributed by atoms with E-state index in [4.69, 9.17) is 0 Å². The molecule has 1 rings (SSSR count). The first-order chi connectivity index (χ1) is 16.3. The molecule has 0 aromatic heterocycles. The number of aliphatic carboxylic acids is 1. The van der Waals surface area contributed by atoms with Gasteiger partial charge in [-0.25, -0.2) is 0 Å². The monoisotopic (exact) mass is 474 g/mol. The van der Waals surface area contributed by atoms with Crippen LogP contribution in [0.1, 0.15) is 148 Å². The predicted octanol–water partition coefficient (Wildman–Crippen LogP) is 9.58. The maximum atomic E-state index is 11.8. The molecule has 1 aromatic rings. The van der Waals surface area contributed by atoms with Crippen molar-refractivity contribution in [2.45, 2.75) is 149 Å². The van der Waals surface area contributed by atoms with Crippen molar-refractivity contribution in [3.05, 3.63) is 29.3 Å². The number of hydrogen-bond acceptors (Lipinski definition) is 2. The van der Waals surface area contributed by atoms with Crippen molar-refractivity contribution in [2.24, 2.45) is 5.92 Å². The van der Waals surface area contributed by atoms with Gasteiger partial charge in [0.1, 0.15) is 5.75 Å². The van der Waals surface area contributed by atoms with E-state index in [0.29, 0.717) is 12.2 Å². The number of rotatable bonds is 20. The summed E-state index contributed by atoms with van der Waals surface area (Å²) in [6.07, 6.45) is 22.6. The molecule has 1 unspecified atom stereocenters. The van der Waals surface area contributed by atoms with Crippen LogP contribution >= 0.6 is 0 Å². The van der Waals surface area contributed by atoms with E-state index in [1.807, 2.05) is 12.1 Å². The first-order valence-electron chi connectivity index (χ1n) is 14.3. The number of carboxylic acids is 1. The summed E-state index contributed by atoms with van der Waals surface area (Å²) >= 11 is 0. The number of aromatic hydroxyl groups is 1. The summed E-state index contributed by atoms with van der Waals surface area (Å²) in [7, 11) is 0. The van der Waals surface area contributed by atoms with Gasteiger partial charge < -0.3 is 10.2 Å². The lowest BCUT2D eigenvalue weighted by atomic mass is 9.84. The van der Waals surface area contributed by atoms with Crippen molar-refractivity contribution in [2.75, 3.05) is 0 Å². The SMILES string of the molecule is CCCCCCCCCCCCCCCCCCC(Cc1ccc(O)c(C(C)(C)C)c1)C(=O)O. The molecule has 1 aromatic carbocycles. The summed E-state index contributed by atoms with van der Waals surface area (Å²) in [5, 5.41) is 19.9. The van der Waals surface area contributed by atoms with Crippen LogP contribution in [0.4, 0.5) is 0 Å². The second-order valence-corrected chi connectivity index (χ2v) is 11.4. The number of benzene rings is 1. The van der Waals surface area contributed by atoms with E-state index in [0.717, 1.165) is 30.4 Å². The summed E-state index contributed by atoms with van der Waals surface area (Å²) in [5.74, 6) is -0.753. The standard InChI is InChI=1S/C31H54O3/c1-5-6-7-8-9-10-11-12-13-14-15-16-17-18-19-20-21-27(30(33)34)24-26-22-23-29(32)28(25-26)31(2,3)4/h22-23,25,27,32H,5-21,24H2,1-4H3,(H,33,34). The maximum Gasteiger partial charge on any atom is 0.306 e. The molecule has 3 nitrogen and oxygen atoms in total. The van der Waals surface area contributed by atoms with Crippen LogP contribution in [-0.4, -0.2) is 16.2 Å². The largest absolute Gasteiger partial charge is 0.508 e. The zero-order valence-corrected chi connectivity index (χ0v) is 22.8. The third-order valence-electron chi connectivity index (χ3n) is 7.11. The topological polar surface area (TPSA) is 57.5 Å². The molecule has 0 radical (unpaired) electrons. The normalized spacial score (nSPS) is 12.7. The molecular weight excluding hydrogens is 420 g/mol. The molecule has 0 saturated heterocycles. The lowest BCUT2D eigenvalue weighted by molar-refractivity contribution is -0.142. The van der Waals surface area contributed by atoms with Crippen LogP contribution in [0.3, 0.4) is 0 Å². The Balaban J connectivity index is 2.11. The summed E-state index contributed by atoms with van der Waals surface area (Å²) in [6, 6.07) is 5.57. The van der Waals surface area contributed by atoms with Gasteiger partial charge in [-0.1, -0.05) is 143 Å². The molecule has 34 heavy (non-hydrogen) atoms. The highest BCUT2D eigenvalue weighted by Crippen LogP contribution is 2.32. The molecule has 0 aliphatic heterocycles. The fourth-order valence-corrected chi connectivity index (χ4v) is 4.85. The third kappa shape index (κ3) is 14.0. The maximum absolute atomic E-state index is 11.8. The second kappa shape index (κ2) is 17.9. The van der Waals surface area contributed by atoms with E-state index in [1.165, 1.54) is 89.9 Å². The van der Waals surface area contributed by atoms with Gasteiger partial charge in [0.25, 0.3) is 0 Å². The molecular formula is C31H54O3. The minimum atomic E-state index is -0.702. The van der Waals surface area contributed by atoms with Gasteiger partial charge in [0.05, 0.1) is 5.92 Å². The first kappa shape index (κ1) is 30.5. The van der Waals surface area contributed by atoms with Crippen LogP contribution in [0.5, 0.6) is 5.75 Å². The summed E-state index contributed by atoms with van der Waals surface area (Å²) in [4.78, 5) is 11.8. The Labute approximate surface area is 210 Å². The number of hydrogen-bond donors (Lipinski definition) is 2. The number of phenolic OH excluding ortho intramolecular Hbond substituents is 1. The first-order valence-corrected chi connectivity index (χ1v) is 14.3. The van der Waals surface area contributed by atoms with Crippen molar-refractivity contribution in [3.63, 3.8) is 0 Å². The van der Waals surface area contributed by atoms with Crippen LogP contribution in [0.25, 0.3) is 0 Å². The molecule has 0 fully saturated rings. The lowest BCUT2D eigenvalue weighted by Crippen LogP contribution is -2.17. The Morgan fingerprint density at radius 3 is 1.62 bits per heavy atom. The zero-order chi connectivity index (χ0) is 25.2. The van der Waals surface area contributed by atoms with Crippen LogP contribution in [0.2, 0.25) is 0 Å². The van der Waals surface area contributed by atoms with E-state index in [2.05, 4.69) is 27.7 Å². The highest BCUT2D eigenvalue weighted by Gasteiger charge is 2.21. The molecule has 0 aliphatic rings. The number of carboxylic acid groups (broad SMARTS) is 1. The second-order valence-electron chi connectivity index (χ2n) is 11.4. The zero-order valence-electron chi connectivity index (χ0n) is 22.8. The highest BCUT2D eigenvalue weighted by atomic mass is 16.4. The van der Waals surface area contributed by atoms with Crippen molar-refractivity contribution < 1.29 is 15.0 Å². The smallest absolute Gasteiger partial charge is 0.306 e. The van der Waals surface area contributed by atoms with Gasteiger partial charge in [-0.15, -0.1) is 0 Å². The quantitative estimate of drug-likeness (QED) is 0.185. The number of carbonyl (C=O) groups is 1. The van der Waals surface area contributed by atoms with E-state index in [1.54, 1.807) is 6.07 Å². The Morgan fingerprint density at radius 1 is 0.765 bits per heavy atom. The summed E-state index contributed by atoms with van der Waals surface area (Å²) in [6.45, 7) is 8.48. The van der Waals surface area contributed by atoms with Gasteiger partial charge in [0.15, 0.2) is 0 Å². The van der Waals surface area contributed by atoms with Gasteiger partial charge in [-0.3, -0.25) is 4.79 Å². The fourth-order valence-electron chi connectivity index (χ4n) is 4.85. The summed E-state index contributed by atoms with van der Waals surface area (Å²) in [5.41, 5.74) is 1.73. The van der Waals surface area contributed by atoms with Gasteiger partial charge in [0, 0.05) is 0 Å². The average molecular weight is 475 g/mol. The van der Waals surface area contributed by atoms with Crippen molar-refractivity contribution in [3.8, 4) is 5.75 Å². The van der Waals surface area contributed by atoms with Crippen molar-refractivity contribution >= 4 is 5.97 Å². The van der Waals surface area contributed by atoms with Crippen LogP contribution in [0.15, 0.2) is 18.2 Å². The Morgan fingerprint density at radius 2 is 1.21 bits per heavy atom. The van der Waals surface area contributed by atoms with Crippen LogP contribution in [0, 0.1) is 5.92 Å². The van der Waals surface area contributed by atoms with Crippen molar-refractivity contribution in [1.82, 2.24) is 0 Å². The molecule has 3 heteroatoms. The van der Waals surface area contributed by atoms with Gasteiger partial charge >= 0.3 is 5.97 Å². The average Bonchev–Trinajstić information content (AvgIpc) is 2.78. The van der Waals surface area contributed by atoms with Gasteiger partial charge in [-0.05, 0) is 35.4 Å². The number of phenols is 1. The van der Waals surface area contributed by atoms with Crippen LogP contribution < -0.4 is 0 Å². The molecule has 0 spiro atoms. The van der Waals surface area contributed by atoms with Gasteiger partial charge in [0.2, 0.25) is 0 Å². The molecule has 0 heterocycles. The van der Waals surface area contributed by atoms with E-state index < -0.39 is 5.97 Å². The van der Waals surface area contributed by atoms with Crippen molar-refractivity contribution in [1.29, 1.82) is 0 Å². The Hall–Kier alpha value is -1.51. The fraction of sp³-hybridized carbons (Fsp3) is 0.774. The Bertz CT molecular complexity index is 659. The predicted molar refractivity (Wildman–Crippen MR) is 146 cm³/mol. The molecule has 1 atom stereocenters. The Kier molecular flexibility index (Phi) is 16.0.